The number of rotatable bonds is 24. The van der Waals surface area contributed by atoms with E-state index in [-0.39, 0.29) is 7.92 Å². The van der Waals surface area contributed by atoms with Crippen molar-refractivity contribution in [3.63, 3.8) is 0 Å². The van der Waals surface area contributed by atoms with Crippen molar-refractivity contribution in [2.75, 3.05) is 18.5 Å². The molecule has 0 spiro atoms. The topological polar surface area (TPSA) is 0 Å². The van der Waals surface area contributed by atoms with Crippen LogP contribution < -0.4 is 0 Å². The summed E-state index contributed by atoms with van der Waals surface area (Å²) < 4.78 is 0. The van der Waals surface area contributed by atoms with Crippen LogP contribution in [0.1, 0.15) is 270 Å². The molecule has 58 heavy (non-hydrogen) atoms. The van der Waals surface area contributed by atoms with Gasteiger partial charge in [0.05, 0.1) is 0 Å². The van der Waals surface area contributed by atoms with Crippen LogP contribution in [0.5, 0.6) is 0 Å². The molecule has 0 heterocycles. The highest BCUT2D eigenvalue weighted by molar-refractivity contribution is 7.57. The fourth-order valence-corrected chi connectivity index (χ4v) is 20.5. The van der Waals surface area contributed by atoms with Gasteiger partial charge in [0.1, 0.15) is 0 Å². The van der Waals surface area contributed by atoms with Gasteiger partial charge in [-0.05, 0) is 185 Å². The van der Waals surface area contributed by atoms with Crippen molar-refractivity contribution in [1.29, 1.82) is 0 Å². The Morgan fingerprint density at radius 1 is 0.259 bits per heavy atom. The molecule has 0 aliphatic heterocycles. The smallest absolute Gasteiger partial charge is 0.00938 e. The first-order valence-corrected chi connectivity index (χ1v) is 31.1. The lowest BCUT2D eigenvalue weighted by molar-refractivity contribution is 0.162. The summed E-state index contributed by atoms with van der Waals surface area (Å²) in [5.74, 6) is 6.00. The predicted octanol–water partition coefficient (Wildman–Crippen LogP) is 18.5. The lowest BCUT2D eigenvalue weighted by Crippen LogP contribution is -2.41. The van der Waals surface area contributed by atoms with Crippen LogP contribution in [0, 0.1) is 35.5 Å². The first kappa shape index (κ1) is 49.2. The van der Waals surface area contributed by atoms with Gasteiger partial charge in [0.2, 0.25) is 0 Å². The summed E-state index contributed by atoms with van der Waals surface area (Å²) in [6.45, 7) is 0. The maximum absolute atomic E-state index is 3.61. The van der Waals surface area contributed by atoms with E-state index in [0.29, 0.717) is 15.5 Å². The highest BCUT2D eigenvalue weighted by Crippen LogP contribution is 2.54. The maximum Gasteiger partial charge on any atom is -0.00938 e. The van der Waals surface area contributed by atoms with Crippen LogP contribution >= 0.6 is 35.6 Å². The van der Waals surface area contributed by atoms with E-state index in [1.807, 2.05) is 0 Å². The van der Waals surface area contributed by atoms with Crippen LogP contribution in [0.4, 0.5) is 0 Å². The summed E-state index contributed by atoms with van der Waals surface area (Å²) in [6, 6.07) is 0. The molecule has 0 nitrogen and oxygen atoms in total. The van der Waals surface area contributed by atoms with Gasteiger partial charge in [0.25, 0.3) is 0 Å². The second kappa shape index (κ2) is 26.6. The number of hydrogen-bond donors (Lipinski definition) is 0. The number of hydrogen-bond acceptors (Lipinski definition) is 0. The SMILES string of the molecule is PC(CCCCCP(CCCCCC(P)(C1CCCCC1)C1CCCCC1)CCCCCC(P)(C1CCCCC1)C1CCCCC1)(C1CCCCC1)C1CCCCC1. The Labute approximate surface area is 373 Å². The Morgan fingerprint density at radius 2 is 0.448 bits per heavy atom. The number of unbranched alkanes of at least 4 members (excludes halogenated alkanes) is 6. The third-order valence-corrected chi connectivity index (χ3v) is 25.5. The fraction of sp³-hybridized carbons (Fsp3) is 1.00. The van der Waals surface area contributed by atoms with Gasteiger partial charge in [-0.1, -0.05) is 154 Å². The largest absolute Gasteiger partial charge is 0.131 e. The minimum Gasteiger partial charge on any atom is -0.131 e. The maximum atomic E-state index is 3.61. The Kier molecular flexibility index (Phi) is 22.6. The summed E-state index contributed by atoms with van der Waals surface area (Å²) in [5, 5.41) is 1.70. The van der Waals surface area contributed by atoms with Crippen LogP contribution in [-0.4, -0.2) is 34.0 Å². The summed E-state index contributed by atoms with van der Waals surface area (Å²) >= 11 is 0. The molecule has 6 aliphatic carbocycles. The van der Waals surface area contributed by atoms with Gasteiger partial charge in [-0.15, -0.1) is 35.6 Å². The van der Waals surface area contributed by atoms with Crippen molar-refractivity contribution >= 4 is 35.6 Å². The minimum absolute atomic E-state index is 0.217. The van der Waals surface area contributed by atoms with Crippen molar-refractivity contribution in [3.05, 3.63) is 0 Å². The first-order chi connectivity index (χ1) is 28.4. The molecule has 0 N–H and O–H groups in total. The van der Waals surface area contributed by atoms with Gasteiger partial charge >= 0.3 is 0 Å². The molecule has 3 atom stereocenters. The molecule has 0 aromatic heterocycles. The third-order valence-electron chi connectivity index (χ3n) is 18.9. The lowest BCUT2D eigenvalue weighted by Gasteiger charge is -2.47. The second-order valence-corrected chi connectivity index (χ2v) is 28.5. The zero-order chi connectivity index (χ0) is 40.4. The monoisotopic (exact) mass is 875 g/mol. The minimum atomic E-state index is 0.217. The molecule has 0 bridgehead atoms. The fourth-order valence-electron chi connectivity index (χ4n) is 15.2. The molecule has 6 aliphatic rings. The Bertz CT molecular complexity index is 866. The quantitative estimate of drug-likeness (QED) is 0.0670. The van der Waals surface area contributed by atoms with Gasteiger partial charge in [-0.25, -0.2) is 0 Å². The molecule has 0 aromatic carbocycles. The molecule has 3 unspecified atom stereocenters. The van der Waals surface area contributed by atoms with E-state index < -0.39 is 0 Å². The molecule has 0 saturated heterocycles. The summed E-state index contributed by atoms with van der Waals surface area (Å²) in [5.41, 5.74) is 0. The molecule has 0 amide bonds. The molecule has 6 saturated carbocycles. The van der Waals surface area contributed by atoms with Gasteiger partial charge < -0.3 is 0 Å². The average Bonchev–Trinajstić information content (AvgIpc) is 3.30. The van der Waals surface area contributed by atoms with Gasteiger partial charge in [0, 0.05) is 0 Å². The molecule has 0 aromatic rings. The zero-order valence-electron chi connectivity index (χ0n) is 39.0. The van der Waals surface area contributed by atoms with E-state index in [9.17, 15) is 0 Å². The van der Waals surface area contributed by atoms with E-state index in [1.54, 1.807) is 18.5 Å². The lowest BCUT2D eigenvalue weighted by atomic mass is 9.67. The molecule has 6 fully saturated rings. The van der Waals surface area contributed by atoms with Crippen molar-refractivity contribution in [2.45, 2.75) is 285 Å². The van der Waals surface area contributed by atoms with Gasteiger partial charge in [0.15, 0.2) is 0 Å². The Hall–Kier alpha value is 1.72. The summed E-state index contributed by atoms with van der Waals surface area (Å²) in [6.07, 6.45) is 68.6. The normalized spacial score (nSPS) is 24.2. The van der Waals surface area contributed by atoms with Crippen LogP contribution in [-0.2, 0) is 0 Å². The highest BCUT2D eigenvalue weighted by atomic mass is 31.1. The third kappa shape index (κ3) is 14.6. The van der Waals surface area contributed by atoms with Crippen LogP contribution in [0.3, 0.4) is 0 Å². The molecular weight excluding hydrogens is 772 g/mol. The standard InChI is InChI=1S/C54H102P4/c55-52(46-28-10-1-11-29-46,47-30-12-2-13-31-47)40-22-7-25-43-58(44-26-8-23-41-53(56,48-32-14-3-15-33-48)49-34-16-4-17-35-49)45-27-9-24-42-54(57,50-36-18-5-19-37-50)51-38-20-6-21-39-51/h46-51H,1-45,55-57H2. The van der Waals surface area contributed by atoms with Gasteiger partial charge in [-0.3, -0.25) is 0 Å². The van der Waals surface area contributed by atoms with E-state index in [4.69, 9.17) is 0 Å². The van der Waals surface area contributed by atoms with Crippen LogP contribution in [0.25, 0.3) is 0 Å². The Morgan fingerprint density at radius 3 is 0.638 bits per heavy atom. The predicted molar refractivity (Wildman–Crippen MR) is 274 cm³/mol. The van der Waals surface area contributed by atoms with Crippen LogP contribution in [0.15, 0.2) is 0 Å². The molecule has 6 rings (SSSR count). The van der Waals surface area contributed by atoms with Gasteiger partial charge in [-0.2, -0.15) is 0 Å². The van der Waals surface area contributed by atoms with E-state index in [0.717, 1.165) is 35.5 Å². The summed E-state index contributed by atoms with van der Waals surface area (Å²) in [7, 11) is 11.1. The van der Waals surface area contributed by atoms with Crippen molar-refractivity contribution in [2.24, 2.45) is 35.5 Å². The highest BCUT2D eigenvalue weighted by Gasteiger charge is 2.44. The van der Waals surface area contributed by atoms with Crippen molar-refractivity contribution in [1.82, 2.24) is 0 Å². The zero-order valence-corrected chi connectivity index (χ0v) is 43.3. The second-order valence-electron chi connectivity index (χ2n) is 22.6. The molecule has 0 radical (unpaired) electrons. The average molecular weight is 875 g/mol. The van der Waals surface area contributed by atoms with Crippen molar-refractivity contribution < 1.29 is 0 Å². The summed E-state index contributed by atoms with van der Waals surface area (Å²) in [4.78, 5) is 0. The van der Waals surface area contributed by atoms with E-state index >= 15 is 0 Å². The van der Waals surface area contributed by atoms with E-state index in [1.165, 1.54) is 270 Å². The van der Waals surface area contributed by atoms with E-state index in [2.05, 4.69) is 27.7 Å². The molecular formula is C54H102P4. The molecule has 4 heteroatoms. The van der Waals surface area contributed by atoms with Crippen molar-refractivity contribution in [3.8, 4) is 0 Å². The Balaban J connectivity index is 0.990. The first-order valence-electron chi connectivity index (χ1n) is 27.5. The van der Waals surface area contributed by atoms with Crippen LogP contribution in [0.2, 0.25) is 0 Å². The molecule has 338 valence electrons.